The number of imidazole rings is 2. The molecule has 336 valence electrons. The van der Waals surface area contributed by atoms with Gasteiger partial charge in [0.2, 0.25) is 11.8 Å². The molecule has 0 spiro atoms. The molecule has 5 aromatic rings. The largest absolute Gasteiger partial charge is 0.488 e. The summed E-state index contributed by atoms with van der Waals surface area (Å²) in [6.07, 6.45) is 4.25. The zero-order valence-electron chi connectivity index (χ0n) is 38.1. The van der Waals surface area contributed by atoms with Crippen molar-refractivity contribution in [3.63, 3.8) is 0 Å². The second-order valence-corrected chi connectivity index (χ2v) is 17.4. The molecule has 4 amide bonds. The number of aromatic amines is 2. The zero-order chi connectivity index (χ0) is 45.3. The van der Waals surface area contributed by atoms with Crippen molar-refractivity contribution in [3.05, 3.63) is 65.9 Å². The van der Waals surface area contributed by atoms with E-state index < -0.39 is 30.3 Å². The first-order valence-corrected chi connectivity index (χ1v) is 22.3. The lowest BCUT2D eigenvalue weighted by Crippen LogP contribution is -2.54. The maximum atomic E-state index is 14.1. The number of likely N-dealkylation sites (tertiary alicyclic amines) is 1. The van der Waals surface area contributed by atoms with Crippen molar-refractivity contribution >= 4 is 45.8 Å². The summed E-state index contributed by atoms with van der Waals surface area (Å²) in [5, 5.41) is 7.52. The summed E-state index contributed by atoms with van der Waals surface area (Å²) in [7, 11) is 2.60. The van der Waals surface area contributed by atoms with Gasteiger partial charge in [0.15, 0.2) is 0 Å². The van der Waals surface area contributed by atoms with Crippen molar-refractivity contribution in [1.29, 1.82) is 0 Å². The van der Waals surface area contributed by atoms with Crippen LogP contribution < -0.4 is 15.4 Å². The third-order valence-electron chi connectivity index (χ3n) is 13.5. The summed E-state index contributed by atoms with van der Waals surface area (Å²) in [6.45, 7) is 16.3. The number of hydrogen-bond acceptors (Lipinski definition) is 9. The summed E-state index contributed by atoms with van der Waals surface area (Å²) in [5.41, 5.74) is 6.52. The smallest absolute Gasteiger partial charge is 0.407 e. The molecule has 4 heterocycles. The van der Waals surface area contributed by atoms with Gasteiger partial charge in [-0.3, -0.25) is 9.59 Å². The highest BCUT2D eigenvalue weighted by molar-refractivity contribution is 6.07. The van der Waals surface area contributed by atoms with Crippen LogP contribution in [0.1, 0.15) is 117 Å². The van der Waals surface area contributed by atoms with Crippen LogP contribution >= 0.6 is 0 Å². The van der Waals surface area contributed by atoms with Crippen LogP contribution in [0.5, 0.6) is 5.75 Å². The van der Waals surface area contributed by atoms with Crippen LogP contribution in [0.15, 0.2) is 48.7 Å². The summed E-state index contributed by atoms with van der Waals surface area (Å²) >= 11 is 0. The number of H-pyrrole nitrogens is 2. The summed E-state index contributed by atoms with van der Waals surface area (Å²) in [5.74, 6) is 1.62. The minimum atomic E-state index is -0.743. The molecule has 2 aliphatic heterocycles. The number of rotatable bonds is 14. The Kier molecular flexibility index (Phi) is 13.3. The molecule has 0 bridgehead atoms. The first-order valence-electron chi connectivity index (χ1n) is 22.3. The van der Waals surface area contributed by atoms with Gasteiger partial charge < -0.3 is 44.6 Å². The van der Waals surface area contributed by atoms with Crippen LogP contribution in [0.25, 0.3) is 44.2 Å². The molecule has 7 rings (SSSR count). The predicted octanol–water partition coefficient (Wildman–Crippen LogP) is 8.95. The van der Waals surface area contributed by atoms with E-state index in [1.807, 2.05) is 71.3 Å². The molecule has 8 atom stereocenters. The number of carbonyl (C=O) groups excluding carboxylic acids is 4. The lowest BCUT2D eigenvalue weighted by molar-refractivity contribution is -0.139. The number of carbonyl (C=O) groups is 4. The molecule has 0 saturated carbocycles. The Morgan fingerprint density at radius 3 is 2.25 bits per heavy atom. The van der Waals surface area contributed by atoms with Crippen LogP contribution in [0, 0.1) is 11.8 Å². The van der Waals surface area contributed by atoms with Crippen molar-refractivity contribution in [2.45, 2.75) is 130 Å². The van der Waals surface area contributed by atoms with Crippen molar-refractivity contribution in [2.75, 3.05) is 14.2 Å². The molecule has 2 aliphatic rings. The van der Waals surface area contributed by atoms with Crippen LogP contribution in [0.3, 0.4) is 0 Å². The van der Waals surface area contributed by atoms with Crippen molar-refractivity contribution < 1.29 is 33.4 Å². The molecule has 0 radical (unpaired) electrons. The molecule has 1 fully saturated rings. The number of nitrogens with one attached hydrogen (secondary N) is 4. The number of amides is 4. The first-order chi connectivity index (χ1) is 30.2. The molecule has 4 N–H and O–H groups in total. The maximum absolute atomic E-state index is 14.1. The molecule has 3 aromatic carbocycles. The number of nitrogens with zero attached hydrogens (tertiary/aromatic N) is 4. The molecular formula is C48H62N8O7. The van der Waals surface area contributed by atoms with E-state index in [9.17, 15) is 19.2 Å². The molecule has 63 heavy (non-hydrogen) atoms. The zero-order valence-corrected chi connectivity index (χ0v) is 38.1. The molecule has 1 saturated heterocycles. The normalized spacial score (nSPS) is 18.6. The van der Waals surface area contributed by atoms with Crippen LogP contribution in [0.4, 0.5) is 9.59 Å². The highest BCUT2D eigenvalue weighted by atomic mass is 16.5. The topological polar surface area (TPSA) is 184 Å². The minimum absolute atomic E-state index is 0.0281. The van der Waals surface area contributed by atoms with Gasteiger partial charge in [0, 0.05) is 23.0 Å². The van der Waals surface area contributed by atoms with Gasteiger partial charge in [-0.15, -0.1) is 0 Å². The maximum Gasteiger partial charge on any atom is 0.407 e. The summed E-state index contributed by atoms with van der Waals surface area (Å²) in [4.78, 5) is 73.4. The Morgan fingerprint density at radius 2 is 1.57 bits per heavy atom. The van der Waals surface area contributed by atoms with Gasteiger partial charge in [-0.25, -0.2) is 19.6 Å². The second-order valence-electron chi connectivity index (χ2n) is 17.4. The predicted molar refractivity (Wildman–Crippen MR) is 242 cm³/mol. The van der Waals surface area contributed by atoms with Gasteiger partial charge in [-0.1, -0.05) is 65.7 Å². The lowest BCUT2D eigenvalue weighted by atomic mass is 9.92. The molecule has 2 aromatic heterocycles. The standard InChI is InChI=1S/C48H62N8O7/c1-11-25(4)40(53-47(59)61-9)45(57)55(27(6)13-3)29(8)43-49-23-37(51-43)31-15-17-33-32(20-31)24-63-39-22-34-30(21-35(33)39)16-18-36-42(34)52-44(50-36)38-19-14-28(7)56(38)46(58)41(26(5)12-2)54-48(60)62-10/h15-18,20-23,25-29,38,40-41H,11-14,19,24H2,1-10H3,(H,49,51)(H,50,52)(H,53,59)(H,54,60)/t25-,26-,27-,28-,29-,38-,40?,41?/m0/s1. The average Bonchev–Trinajstić information content (AvgIpc) is 4.07. The van der Waals surface area contributed by atoms with Crippen LogP contribution in [-0.2, 0) is 25.7 Å². The Bertz CT molecular complexity index is 2500. The Labute approximate surface area is 369 Å². The Balaban J connectivity index is 1.15. The molecule has 2 unspecified atom stereocenters. The van der Waals surface area contributed by atoms with Crippen molar-refractivity contribution in [1.82, 2.24) is 40.4 Å². The number of fused-ring (bicyclic) bond motifs is 6. The van der Waals surface area contributed by atoms with E-state index in [1.165, 1.54) is 14.2 Å². The SMILES string of the molecule is CC[C@H](C)C(NC(=O)OC)C(=O)N([C@@H](C)CC)[C@@H](C)c1ncc(-c2ccc3c(c2)COc2cc4c(ccc5[nH]c([C@@H]6CC[C@H](C)N6C(=O)C(NC(=O)OC)[C@@H](C)CC)nc54)cc2-3)[nH]1. The minimum Gasteiger partial charge on any atom is -0.488 e. The van der Waals surface area contributed by atoms with Gasteiger partial charge in [-0.05, 0) is 98.2 Å². The fourth-order valence-corrected chi connectivity index (χ4v) is 9.13. The van der Waals surface area contributed by atoms with Crippen LogP contribution in [0.2, 0.25) is 0 Å². The number of ether oxygens (including phenoxy) is 3. The molecule has 0 aliphatic carbocycles. The number of hydrogen-bond donors (Lipinski definition) is 4. The summed E-state index contributed by atoms with van der Waals surface area (Å²) in [6, 6.07) is 12.4. The van der Waals surface area contributed by atoms with E-state index in [1.54, 1.807) is 6.20 Å². The molecular weight excluding hydrogens is 801 g/mol. The van der Waals surface area contributed by atoms with E-state index in [2.05, 4.69) is 57.0 Å². The third-order valence-corrected chi connectivity index (χ3v) is 13.5. The quantitative estimate of drug-likeness (QED) is 0.0847. The fourth-order valence-electron chi connectivity index (χ4n) is 9.13. The van der Waals surface area contributed by atoms with Gasteiger partial charge in [0.1, 0.15) is 36.1 Å². The number of aromatic nitrogens is 4. The van der Waals surface area contributed by atoms with Gasteiger partial charge in [0.25, 0.3) is 0 Å². The molecule has 15 nitrogen and oxygen atoms in total. The van der Waals surface area contributed by atoms with Crippen LogP contribution in [-0.4, -0.2) is 92.1 Å². The second kappa shape index (κ2) is 18.7. The Hall–Kier alpha value is -6.12. The number of methoxy groups -OCH3 is 2. The third kappa shape index (κ3) is 8.66. The van der Waals surface area contributed by atoms with E-state index in [4.69, 9.17) is 24.2 Å². The van der Waals surface area contributed by atoms with E-state index >= 15 is 0 Å². The number of alkyl carbamates (subject to hydrolysis) is 2. The lowest BCUT2D eigenvalue weighted by Gasteiger charge is -2.37. The Morgan fingerprint density at radius 1 is 0.873 bits per heavy atom. The monoisotopic (exact) mass is 862 g/mol. The first kappa shape index (κ1) is 44.9. The average molecular weight is 863 g/mol. The van der Waals surface area contributed by atoms with Gasteiger partial charge >= 0.3 is 12.2 Å². The highest BCUT2D eigenvalue weighted by Gasteiger charge is 2.42. The van der Waals surface area contributed by atoms with E-state index in [0.29, 0.717) is 31.1 Å². The van der Waals surface area contributed by atoms with Gasteiger partial charge in [0.05, 0.1) is 49.2 Å². The van der Waals surface area contributed by atoms with Crippen molar-refractivity contribution in [2.24, 2.45) is 11.8 Å². The molecule has 15 heteroatoms. The summed E-state index contributed by atoms with van der Waals surface area (Å²) < 4.78 is 16.2. The fraction of sp³-hybridized carbons (Fsp3) is 0.500. The number of benzene rings is 3. The van der Waals surface area contributed by atoms with Gasteiger partial charge in [-0.2, -0.15) is 0 Å². The van der Waals surface area contributed by atoms with E-state index in [0.717, 1.165) is 74.8 Å². The van der Waals surface area contributed by atoms with Crippen molar-refractivity contribution in [3.8, 4) is 28.1 Å². The van der Waals surface area contributed by atoms with E-state index in [-0.39, 0.29) is 41.8 Å². The highest BCUT2D eigenvalue weighted by Crippen LogP contribution is 2.44.